The first-order chi connectivity index (χ1) is 5.79. The van der Waals surface area contributed by atoms with Crippen LogP contribution in [0.2, 0.25) is 5.28 Å². The molecule has 3 heteroatoms. The van der Waals surface area contributed by atoms with Crippen LogP contribution in [-0.2, 0) is 6.42 Å². The Morgan fingerprint density at radius 1 is 1.50 bits per heavy atom. The molecule has 0 atom stereocenters. The molecule has 2 nitrogen and oxygen atoms in total. The van der Waals surface area contributed by atoms with Crippen LogP contribution in [-0.4, -0.2) is 9.97 Å². The molecule has 0 N–H and O–H groups in total. The third kappa shape index (κ3) is 1.58. The highest BCUT2D eigenvalue weighted by Crippen LogP contribution is 2.39. The SMILES string of the molecule is CCc1cc(C2CC2)nc(Cl)n1. The maximum absolute atomic E-state index is 5.78. The van der Waals surface area contributed by atoms with Gasteiger partial charge in [0.25, 0.3) is 0 Å². The highest BCUT2D eigenvalue weighted by atomic mass is 35.5. The summed E-state index contributed by atoms with van der Waals surface area (Å²) in [6.07, 6.45) is 3.45. The van der Waals surface area contributed by atoms with Crippen molar-refractivity contribution in [3.8, 4) is 0 Å². The van der Waals surface area contributed by atoms with E-state index in [2.05, 4.69) is 23.0 Å². The number of halogens is 1. The van der Waals surface area contributed by atoms with Crippen LogP contribution in [0.5, 0.6) is 0 Å². The van der Waals surface area contributed by atoms with E-state index >= 15 is 0 Å². The van der Waals surface area contributed by atoms with Crippen molar-refractivity contribution in [1.29, 1.82) is 0 Å². The average Bonchev–Trinajstić information content (AvgIpc) is 2.85. The van der Waals surface area contributed by atoms with Crippen LogP contribution in [0, 0.1) is 0 Å². The summed E-state index contributed by atoms with van der Waals surface area (Å²) in [5.41, 5.74) is 2.18. The van der Waals surface area contributed by atoms with Crippen LogP contribution >= 0.6 is 11.6 Å². The van der Waals surface area contributed by atoms with E-state index in [-0.39, 0.29) is 0 Å². The third-order valence-electron chi connectivity index (χ3n) is 2.13. The summed E-state index contributed by atoms with van der Waals surface area (Å²) in [6, 6.07) is 2.07. The highest BCUT2D eigenvalue weighted by Gasteiger charge is 2.25. The molecule has 1 fully saturated rings. The van der Waals surface area contributed by atoms with Gasteiger partial charge in [0.15, 0.2) is 0 Å². The van der Waals surface area contributed by atoms with Gasteiger partial charge in [0.05, 0.1) is 0 Å². The number of rotatable bonds is 2. The summed E-state index contributed by atoms with van der Waals surface area (Å²) in [5, 5.41) is 0.399. The number of aryl methyl sites for hydroxylation is 1. The fourth-order valence-electron chi connectivity index (χ4n) is 1.25. The van der Waals surface area contributed by atoms with Crippen molar-refractivity contribution < 1.29 is 0 Å². The lowest BCUT2D eigenvalue weighted by Crippen LogP contribution is -1.95. The minimum Gasteiger partial charge on any atom is -0.223 e. The van der Waals surface area contributed by atoms with Crippen molar-refractivity contribution in [2.75, 3.05) is 0 Å². The lowest BCUT2D eigenvalue weighted by Gasteiger charge is -2.00. The van der Waals surface area contributed by atoms with Crippen molar-refractivity contribution in [2.24, 2.45) is 0 Å². The maximum atomic E-state index is 5.78. The highest BCUT2D eigenvalue weighted by molar-refractivity contribution is 6.28. The maximum Gasteiger partial charge on any atom is 0.222 e. The second-order valence-electron chi connectivity index (χ2n) is 3.18. The fraction of sp³-hybridized carbons (Fsp3) is 0.556. The van der Waals surface area contributed by atoms with E-state index in [1.807, 2.05) is 0 Å². The van der Waals surface area contributed by atoms with Crippen LogP contribution in [0.25, 0.3) is 0 Å². The van der Waals surface area contributed by atoms with Gasteiger partial charge in [0, 0.05) is 17.3 Å². The molecule has 1 aromatic heterocycles. The predicted octanol–water partition coefficient (Wildman–Crippen LogP) is 2.57. The van der Waals surface area contributed by atoms with E-state index in [1.165, 1.54) is 12.8 Å². The second kappa shape index (κ2) is 3.02. The summed E-state index contributed by atoms with van der Waals surface area (Å²) in [4.78, 5) is 8.31. The van der Waals surface area contributed by atoms with Gasteiger partial charge in [-0.25, -0.2) is 9.97 Å². The Labute approximate surface area is 77.0 Å². The zero-order chi connectivity index (χ0) is 8.55. The normalized spacial score (nSPS) is 16.5. The van der Waals surface area contributed by atoms with E-state index in [4.69, 9.17) is 11.6 Å². The van der Waals surface area contributed by atoms with Gasteiger partial charge in [-0.05, 0) is 36.9 Å². The quantitative estimate of drug-likeness (QED) is 0.657. The summed E-state index contributed by atoms with van der Waals surface area (Å²) in [5.74, 6) is 0.663. The third-order valence-corrected chi connectivity index (χ3v) is 2.30. The molecular formula is C9H11ClN2. The topological polar surface area (TPSA) is 25.8 Å². The Balaban J connectivity index is 2.34. The molecule has 0 aromatic carbocycles. The standard InChI is InChI=1S/C9H11ClN2/c1-2-7-5-8(6-3-4-6)12-9(10)11-7/h5-6H,2-4H2,1H3. The summed E-state index contributed by atoms with van der Waals surface area (Å²) in [7, 11) is 0. The smallest absolute Gasteiger partial charge is 0.222 e. The molecule has 0 spiro atoms. The van der Waals surface area contributed by atoms with E-state index < -0.39 is 0 Å². The van der Waals surface area contributed by atoms with Crippen molar-refractivity contribution in [3.63, 3.8) is 0 Å². The summed E-state index contributed by atoms with van der Waals surface area (Å²) >= 11 is 5.78. The van der Waals surface area contributed by atoms with Crippen LogP contribution in [0.3, 0.4) is 0 Å². The first-order valence-corrected chi connectivity index (χ1v) is 4.70. The number of hydrogen-bond acceptors (Lipinski definition) is 2. The molecule has 1 saturated carbocycles. The molecule has 1 aliphatic rings. The molecule has 64 valence electrons. The summed E-state index contributed by atoms with van der Waals surface area (Å²) < 4.78 is 0. The van der Waals surface area contributed by atoms with E-state index in [0.717, 1.165) is 17.8 Å². The van der Waals surface area contributed by atoms with Crippen molar-refractivity contribution in [1.82, 2.24) is 9.97 Å². The Morgan fingerprint density at radius 2 is 2.25 bits per heavy atom. The molecule has 0 aliphatic heterocycles. The lowest BCUT2D eigenvalue weighted by atomic mass is 10.2. The fourth-order valence-corrected chi connectivity index (χ4v) is 1.46. The second-order valence-corrected chi connectivity index (χ2v) is 3.52. The van der Waals surface area contributed by atoms with Gasteiger partial charge < -0.3 is 0 Å². The minimum atomic E-state index is 0.399. The first-order valence-electron chi connectivity index (χ1n) is 4.33. The van der Waals surface area contributed by atoms with Crippen LogP contribution in [0.4, 0.5) is 0 Å². The van der Waals surface area contributed by atoms with Gasteiger partial charge in [-0.2, -0.15) is 0 Å². The monoisotopic (exact) mass is 182 g/mol. The lowest BCUT2D eigenvalue weighted by molar-refractivity contribution is 0.929. The van der Waals surface area contributed by atoms with Crippen molar-refractivity contribution >= 4 is 11.6 Å². The van der Waals surface area contributed by atoms with Crippen LogP contribution in [0.1, 0.15) is 37.1 Å². The van der Waals surface area contributed by atoms with Crippen LogP contribution < -0.4 is 0 Å². The average molecular weight is 183 g/mol. The number of nitrogens with zero attached hydrogens (tertiary/aromatic N) is 2. The molecular weight excluding hydrogens is 172 g/mol. The van der Waals surface area contributed by atoms with Gasteiger partial charge in [0.1, 0.15) is 0 Å². The predicted molar refractivity (Wildman–Crippen MR) is 48.4 cm³/mol. The Bertz CT molecular complexity index is 295. The Hall–Kier alpha value is -0.630. The van der Waals surface area contributed by atoms with E-state index in [9.17, 15) is 0 Å². The molecule has 0 radical (unpaired) electrons. The van der Waals surface area contributed by atoms with Crippen molar-refractivity contribution in [2.45, 2.75) is 32.1 Å². The van der Waals surface area contributed by atoms with Crippen molar-refractivity contribution in [3.05, 3.63) is 22.7 Å². The molecule has 1 aliphatic carbocycles. The van der Waals surface area contributed by atoms with Gasteiger partial charge in [0.2, 0.25) is 5.28 Å². The molecule has 2 rings (SSSR count). The first kappa shape index (κ1) is 7.99. The van der Waals surface area contributed by atoms with E-state index in [1.54, 1.807) is 0 Å². The van der Waals surface area contributed by atoms with E-state index in [0.29, 0.717) is 11.2 Å². The number of hydrogen-bond donors (Lipinski definition) is 0. The Kier molecular flexibility index (Phi) is 2.01. The molecule has 0 bridgehead atoms. The molecule has 0 amide bonds. The Morgan fingerprint density at radius 3 is 2.83 bits per heavy atom. The zero-order valence-corrected chi connectivity index (χ0v) is 7.80. The zero-order valence-electron chi connectivity index (χ0n) is 7.05. The van der Waals surface area contributed by atoms with Gasteiger partial charge >= 0.3 is 0 Å². The summed E-state index contributed by atoms with van der Waals surface area (Å²) in [6.45, 7) is 2.08. The molecule has 12 heavy (non-hydrogen) atoms. The molecule has 0 saturated heterocycles. The van der Waals surface area contributed by atoms with Gasteiger partial charge in [-0.15, -0.1) is 0 Å². The molecule has 1 aromatic rings. The molecule has 1 heterocycles. The molecule has 0 unspecified atom stereocenters. The minimum absolute atomic E-state index is 0.399. The largest absolute Gasteiger partial charge is 0.223 e. The number of aromatic nitrogens is 2. The van der Waals surface area contributed by atoms with Gasteiger partial charge in [-0.1, -0.05) is 6.92 Å². The van der Waals surface area contributed by atoms with Gasteiger partial charge in [-0.3, -0.25) is 0 Å². The van der Waals surface area contributed by atoms with Crippen LogP contribution in [0.15, 0.2) is 6.07 Å².